The van der Waals surface area contributed by atoms with Gasteiger partial charge in [0.2, 0.25) is 6.33 Å². The van der Waals surface area contributed by atoms with E-state index in [1.807, 2.05) is 6.33 Å². The number of primary amides is 1. The van der Waals surface area contributed by atoms with Crippen molar-refractivity contribution in [3.05, 3.63) is 27.0 Å². The lowest BCUT2D eigenvalue weighted by molar-refractivity contribution is 0.248. The lowest BCUT2D eigenvalue weighted by Gasteiger charge is -1.96. The van der Waals surface area contributed by atoms with Gasteiger partial charge in [-0.25, -0.2) is 14.0 Å². The fraction of sp³-hybridized carbons (Fsp3) is 0.200. The number of hydrogen-bond donors (Lipinski definition) is 1. The van der Waals surface area contributed by atoms with E-state index in [2.05, 4.69) is 5.10 Å². The van der Waals surface area contributed by atoms with Gasteiger partial charge in [-0.15, -0.1) is 5.10 Å². The molecule has 1 heterocycles. The third kappa shape index (κ3) is 1.11. The molecule has 0 unspecified atom stereocenters. The van der Waals surface area contributed by atoms with Crippen molar-refractivity contribution in [2.45, 2.75) is 0 Å². The van der Waals surface area contributed by atoms with Crippen LogP contribution < -0.4 is 16.9 Å². The van der Waals surface area contributed by atoms with E-state index in [4.69, 9.17) is 5.73 Å². The van der Waals surface area contributed by atoms with Crippen molar-refractivity contribution in [3.8, 4) is 0 Å². The smallest absolute Gasteiger partial charge is 0.332 e. The summed E-state index contributed by atoms with van der Waals surface area (Å²) in [4.78, 5) is 32.2. The van der Waals surface area contributed by atoms with Crippen molar-refractivity contribution in [1.82, 2.24) is 14.3 Å². The Morgan fingerprint density at radius 2 is 2.08 bits per heavy atom. The van der Waals surface area contributed by atoms with Gasteiger partial charge in [0.15, 0.2) is 0 Å². The molecule has 0 bridgehead atoms. The molecule has 1 radical (unpaired) electrons. The molecule has 0 aliphatic carbocycles. The van der Waals surface area contributed by atoms with Gasteiger partial charge < -0.3 is 5.73 Å². The molecule has 0 aliphatic rings. The summed E-state index contributed by atoms with van der Waals surface area (Å²) >= 11 is 0. The van der Waals surface area contributed by atoms with Crippen LogP contribution in [0.1, 0.15) is 0 Å². The van der Waals surface area contributed by atoms with Crippen LogP contribution in [0.15, 0.2) is 9.59 Å². The summed E-state index contributed by atoms with van der Waals surface area (Å²) in [6, 6.07) is -1.08. The molecule has 0 fully saturated rings. The van der Waals surface area contributed by atoms with Gasteiger partial charge in [-0.2, -0.15) is 0 Å². The van der Waals surface area contributed by atoms with E-state index in [0.717, 1.165) is 4.68 Å². The minimum atomic E-state index is -1.08. The van der Waals surface area contributed by atoms with Gasteiger partial charge in [0.05, 0.1) is 0 Å². The molecule has 0 aromatic carbocycles. The van der Waals surface area contributed by atoms with Gasteiger partial charge in [0.1, 0.15) is 0 Å². The maximum Gasteiger partial charge on any atom is 0.332 e. The van der Waals surface area contributed by atoms with Crippen molar-refractivity contribution in [2.24, 2.45) is 12.8 Å². The standard InChI is InChI=1S/C5H5N4O3/c1-8-3(10)4(11)9(2-7-8)5(6)12/h1H3,(H2,6,12). The normalized spacial score (nSPS) is 9.75. The van der Waals surface area contributed by atoms with Gasteiger partial charge in [-0.1, -0.05) is 0 Å². The number of carbonyl (C=O) groups excluding carboxylic acids is 1. The Morgan fingerprint density at radius 3 is 2.58 bits per heavy atom. The topological polar surface area (TPSA) is 100.0 Å². The highest BCUT2D eigenvalue weighted by Gasteiger charge is 2.07. The Balaban J connectivity index is 3.59. The number of amides is 1. The summed E-state index contributed by atoms with van der Waals surface area (Å²) in [5.41, 5.74) is 2.76. The van der Waals surface area contributed by atoms with E-state index in [9.17, 15) is 14.4 Å². The molecule has 7 heteroatoms. The molecule has 0 spiro atoms. The second-order valence-electron chi connectivity index (χ2n) is 2.01. The summed E-state index contributed by atoms with van der Waals surface area (Å²) in [6.07, 6.45) is 1.99. The van der Waals surface area contributed by atoms with Crippen LogP contribution in [0.2, 0.25) is 0 Å². The Hall–Kier alpha value is -1.92. The van der Waals surface area contributed by atoms with Crippen LogP contribution in [-0.2, 0) is 7.05 Å². The van der Waals surface area contributed by atoms with Gasteiger partial charge >= 0.3 is 17.1 Å². The zero-order chi connectivity index (χ0) is 9.30. The average Bonchev–Trinajstić information content (AvgIpc) is 2.00. The molecule has 63 valence electrons. The summed E-state index contributed by atoms with van der Waals surface area (Å²) in [5, 5.41) is 3.30. The van der Waals surface area contributed by atoms with E-state index >= 15 is 0 Å². The second kappa shape index (κ2) is 2.61. The quantitative estimate of drug-likeness (QED) is 0.440. The monoisotopic (exact) mass is 169 g/mol. The second-order valence-corrected chi connectivity index (χ2v) is 2.01. The number of nitrogens with zero attached hydrogens (tertiary/aromatic N) is 3. The molecule has 0 saturated carbocycles. The Kier molecular flexibility index (Phi) is 1.78. The number of aryl methyl sites for hydroxylation is 1. The van der Waals surface area contributed by atoms with Crippen molar-refractivity contribution in [2.75, 3.05) is 0 Å². The van der Waals surface area contributed by atoms with Crippen molar-refractivity contribution in [3.63, 3.8) is 0 Å². The predicted molar refractivity (Wildman–Crippen MR) is 37.6 cm³/mol. The molecule has 0 aliphatic heterocycles. The molecule has 1 rings (SSSR count). The number of rotatable bonds is 0. The number of nitrogens with two attached hydrogens (primary N) is 1. The minimum absolute atomic E-state index is 0.322. The molecule has 1 aromatic rings. The Labute approximate surface area is 66.0 Å². The number of aromatic nitrogens is 3. The predicted octanol–water partition coefficient (Wildman–Crippen LogP) is -2.33. The highest BCUT2D eigenvalue weighted by Crippen LogP contribution is 1.67. The first-order valence-electron chi connectivity index (χ1n) is 2.92. The third-order valence-electron chi connectivity index (χ3n) is 1.20. The maximum absolute atomic E-state index is 10.9. The number of carbonyl (C=O) groups is 1. The van der Waals surface area contributed by atoms with E-state index in [0.29, 0.717) is 4.57 Å². The molecule has 1 aromatic heterocycles. The minimum Gasteiger partial charge on any atom is -0.351 e. The van der Waals surface area contributed by atoms with Crippen LogP contribution in [0, 0.1) is 6.33 Å². The Bertz CT molecular complexity index is 429. The van der Waals surface area contributed by atoms with Crippen LogP contribution >= 0.6 is 0 Å². The van der Waals surface area contributed by atoms with Gasteiger partial charge in [-0.3, -0.25) is 9.59 Å². The van der Waals surface area contributed by atoms with Crippen molar-refractivity contribution < 1.29 is 4.79 Å². The van der Waals surface area contributed by atoms with Crippen LogP contribution in [0.5, 0.6) is 0 Å². The van der Waals surface area contributed by atoms with E-state index in [1.165, 1.54) is 7.05 Å². The van der Waals surface area contributed by atoms with E-state index in [1.54, 1.807) is 0 Å². The first kappa shape index (κ1) is 8.18. The van der Waals surface area contributed by atoms with E-state index < -0.39 is 17.1 Å². The van der Waals surface area contributed by atoms with Crippen LogP contribution in [0.4, 0.5) is 4.79 Å². The highest BCUT2D eigenvalue weighted by atomic mass is 16.2. The third-order valence-corrected chi connectivity index (χ3v) is 1.20. The molecule has 2 N–H and O–H groups in total. The van der Waals surface area contributed by atoms with Gasteiger partial charge in [0, 0.05) is 7.05 Å². The molecular weight excluding hydrogens is 164 g/mol. The molecule has 7 nitrogen and oxygen atoms in total. The largest absolute Gasteiger partial charge is 0.351 e. The lowest BCUT2D eigenvalue weighted by atomic mass is 10.7. The Morgan fingerprint density at radius 1 is 1.50 bits per heavy atom. The summed E-state index contributed by atoms with van der Waals surface area (Å²) in [7, 11) is 1.27. The van der Waals surface area contributed by atoms with Crippen LogP contribution in [-0.4, -0.2) is 20.4 Å². The molecule has 12 heavy (non-hydrogen) atoms. The molecule has 0 atom stereocenters. The molecule has 0 saturated heterocycles. The van der Waals surface area contributed by atoms with Crippen molar-refractivity contribution in [1.29, 1.82) is 0 Å². The summed E-state index contributed by atoms with van der Waals surface area (Å²) in [6.45, 7) is 0. The van der Waals surface area contributed by atoms with Gasteiger partial charge in [0.25, 0.3) is 0 Å². The molecular formula is C5H5N4O3. The van der Waals surface area contributed by atoms with Gasteiger partial charge in [-0.05, 0) is 0 Å². The van der Waals surface area contributed by atoms with E-state index in [-0.39, 0.29) is 0 Å². The fourth-order valence-electron chi connectivity index (χ4n) is 0.586. The average molecular weight is 169 g/mol. The fourth-order valence-corrected chi connectivity index (χ4v) is 0.586. The van der Waals surface area contributed by atoms with Crippen molar-refractivity contribution >= 4 is 6.03 Å². The van der Waals surface area contributed by atoms with Crippen LogP contribution in [0.3, 0.4) is 0 Å². The number of hydrogen-bond acceptors (Lipinski definition) is 4. The first-order chi connectivity index (χ1) is 5.54. The highest BCUT2D eigenvalue weighted by molar-refractivity contribution is 5.73. The SMILES string of the molecule is Cn1n[c]n(C(N)=O)c(=O)c1=O. The summed E-state index contributed by atoms with van der Waals surface area (Å²) < 4.78 is 1.09. The lowest BCUT2D eigenvalue weighted by Crippen LogP contribution is -2.45. The first-order valence-corrected chi connectivity index (χ1v) is 2.92. The van der Waals surface area contributed by atoms with Crippen LogP contribution in [0.25, 0.3) is 0 Å². The summed E-state index contributed by atoms with van der Waals surface area (Å²) in [5.74, 6) is 0. The zero-order valence-electron chi connectivity index (χ0n) is 6.14. The zero-order valence-corrected chi connectivity index (χ0v) is 6.14. The molecule has 1 amide bonds. The maximum atomic E-state index is 10.9.